The lowest BCUT2D eigenvalue weighted by Gasteiger charge is -2.29. The Morgan fingerprint density at radius 3 is 2.21 bits per heavy atom. The van der Waals surface area contributed by atoms with Crippen LogP contribution in [0.1, 0.15) is 52.5 Å². The normalized spacial score (nSPS) is 16.7. The molecule has 1 aliphatic carbocycles. The second kappa shape index (κ2) is 10.1. The molecule has 3 rings (SSSR count). The number of primary amides is 1. The van der Waals surface area contributed by atoms with E-state index in [1.807, 2.05) is 19.0 Å². The second-order valence-corrected chi connectivity index (χ2v) is 9.16. The average Bonchev–Trinajstić information content (AvgIpc) is 3.58. The number of alkyl halides is 3. The smallest absolute Gasteiger partial charge is 0.366 e. The molecule has 1 aliphatic rings. The molecule has 3 N–H and O–H groups in total. The first-order chi connectivity index (χ1) is 15.9. The van der Waals surface area contributed by atoms with Crippen molar-refractivity contribution in [2.24, 2.45) is 11.1 Å². The summed E-state index contributed by atoms with van der Waals surface area (Å²) in [4.78, 5) is 34.1. The zero-order valence-corrected chi connectivity index (χ0v) is 19.5. The van der Waals surface area contributed by atoms with Crippen molar-refractivity contribution in [3.8, 4) is 0 Å². The molecule has 1 aromatic heterocycles. The summed E-state index contributed by atoms with van der Waals surface area (Å²) < 4.78 is 41.7. The molecule has 0 unspecified atom stereocenters. The number of nitrogens with two attached hydrogens (primary N) is 1. The molecule has 10 heteroatoms. The van der Waals surface area contributed by atoms with Gasteiger partial charge in [-0.15, -0.1) is 0 Å². The minimum Gasteiger partial charge on any atom is -0.366 e. The second-order valence-electron chi connectivity index (χ2n) is 9.16. The van der Waals surface area contributed by atoms with Crippen LogP contribution in [0.2, 0.25) is 0 Å². The van der Waals surface area contributed by atoms with Gasteiger partial charge < -0.3 is 16.0 Å². The highest BCUT2D eigenvalue weighted by Gasteiger charge is 2.67. The number of nitrogens with one attached hydrogen (secondary N) is 1. The Balaban J connectivity index is 1.68. The molecule has 0 spiro atoms. The van der Waals surface area contributed by atoms with E-state index in [4.69, 9.17) is 5.73 Å². The Bertz CT molecular complexity index is 1000. The number of benzene rings is 1. The maximum absolute atomic E-state index is 13.9. The standard InChI is InChI=1S/C24H30F3N5O2/c1-15-29-12-18(13-30-15)20(23(8-9-23)24(25,26)27)11-21(33)31-14-19(32(2)3)10-16-4-6-17(7-5-16)22(28)34/h4-7,12-13,19-20H,8-11,14H2,1-3H3,(H2,28,34)(H,31,33)/t19-,20+/m0/s1. The van der Waals surface area contributed by atoms with E-state index in [9.17, 15) is 22.8 Å². The number of carbonyl (C=O) groups excluding carboxylic acids is 2. The molecule has 2 aromatic rings. The highest BCUT2D eigenvalue weighted by atomic mass is 19.4. The molecule has 0 aliphatic heterocycles. The molecule has 0 saturated heterocycles. The van der Waals surface area contributed by atoms with Gasteiger partial charge in [0.2, 0.25) is 11.8 Å². The summed E-state index contributed by atoms with van der Waals surface area (Å²) in [6, 6.07) is 6.78. The zero-order chi connectivity index (χ0) is 25.1. The summed E-state index contributed by atoms with van der Waals surface area (Å²) >= 11 is 0. The number of hydrogen-bond acceptors (Lipinski definition) is 5. The van der Waals surface area contributed by atoms with Crippen molar-refractivity contribution in [1.82, 2.24) is 20.2 Å². The molecule has 1 saturated carbocycles. The zero-order valence-electron chi connectivity index (χ0n) is 19.5. The first kappa shape index (κ1) is 25.6. The van der Waals surface area contributed by atoms with Gasteiger partial charge in [0.1, 0.15) is 5.82 Å². The van der Waals surface area contributed by atoms with Crippen molar-refractivity contribution in [3.63, 3.8) is 0 Å². The van der Waals surface area contributed by atoms with Crippen LogP contribution < -0.4 is 11.1 Å². The molecule has 34 heavy (non-hydrogen) atoms. The van der Waals surface area contributed by atoms with Gasteiger partial charge in [-0.2, -0.15) is 13.2 Å². The first-order valence-corrected chi connectivity index (χ1v) is 11.1. The van der Waals surface area contributed by atoms with Gasteiger partial charge in [0.15, 0.2) is 0 Å². The molecular weight excluding hydrogens is 447 g/mol. The number of nitrogens with zero attached hydrogens (tertiary/aromatic N) is 3. The van der Waals surface area contributed by atoms with Crippen LogP contribution in [0, 0.1) is 12.3 Å². The summed E-state index contributed by atoms with van der Waals surface area (Å²) in [6.07, 6.45) is -1.36. The molecule has 184 valence electrons. The van der Waals surface area contributed by atoms with E-state index >= 15 is 0 Å². The fourth-order valence-electron chi connectivity index (χ4n) is 4.18. The van der Waals surface area contributed by atoms with Crippen molar-refractivity contribution in [3.05, 3.63) is 59.2 Å². The van der Waals surface area contributed by atoms with Crippen molar-refractivity contribution >= 4 is 11.8 Å². The molecule has 2 atom stereocenters. The molecule has 1 heterocycles. The van der Waals surface area contributed by atoms with Gasteiger partial charge in [-0.3, -0.25) is 9.59 Å². The fourth-order valence-corrected chi connectivity index (χ4v) is 4.18. The van der Waals surface area contributed by atoms with Crippen LogP contribution in [-0.2, 0) is 11.2 Å². The number of halogens is 3. The number of amides is 2. The van der Waals surface area contributed by atoms with Gasteiger partial charge in [0, 0.05) is 42.9 Å². The van der Waals surface area contributed by atoms with Gasteiger partial charge in [0.05, 0.1) is 5.41 Å². The molecule has 0 radical (unpaired) electrons. The van der Waals surface area contributed by atoms with E-state index < -0.39 is 29.3 Å². The Hall–Kier alpha value is -3.01. The Morgan fingerprint density at radius 2 is 1.74 bits per heavy atom. The number of hydrogen-bond donors (Lipinski definition) is 2. The Morgan fingerprint density at radius 1 is 1.15 bits per heavy atom. The van der Waals surface area contributed by atoms with Crippen LogP contribution >= 0.6 is 0 Å². The number of aryl methyl sites for hydroxylation is 1. The highest BCUT2D eigenvalue weighted by molar-refractivity contribution is 5.92. The van der Waals surface area contributed by atoms with Crippen molar-refractivity contribution in [2.75, 3.05) is 20.6 Å². The van der Waals surface area contributed by atoms with Gasteiger partial charge in [0.25, 0.3) is 0 Å². The Kier molecular flexibility index (Phi) is 7.60. The third kappa shape index (κ3) is 5.91. The predicted octanol–water partition coefficient (Wildman–Crippen LogP) is 2.99. The summed E-state index contributed by atoms with van der Waals surface area (Å²) in [7, 11) is 3.73. The summed E-state index contributed by atoms with van der Waals surface area (Å²) in [5.41, 5.74) is 5.04. The van der Waals surface area contributed by atoms with Crippen LogP contribution in [0.5, 0.6) is 0 Å². The lowest BCUT2D eigenvalue weighted by atomic mass is 9.81. The van der Waals surface area contributed by atoms with E-state index in [0.29, 0.717) is 23.4 Å². The minimum atomic E-state index is -4.41. The van der Waals surface area contributed by atoms with Crippen molar-refractivity contribution < 1.29 is 22.8 Å². The molecule has 7 nitrogen and oxygen atoms in total. The predicted molar refractivity (Wildman–Crippen MR) is 121 cm³/mol. The maximum Gasteiger partial charge on any atom is 0.395 e. The fraction of sp³-hybridized carbons (Fsp3) is 0.500. The topological polar surface area (TPSA) is 101 Å². The number of likely N-dealkylation sites (N-methyl/N-ethyl adjacent to an activating group) is 1. The molecule has 1 aromatic carbocycles. The average molecular weight is 478 g/mol. The number of carbonyl (C=O) groups is 2. The number of aromatic nitrogens is 2. The van der Waals surface area contributed by atoms with Gasteiger partial charge in [-0.05, 0) is 63.5 Å². The lowest BCUT2D eigenvalue weighted by molar-refractivity contribution is -0.194. The third-order valence-corrected chi connectivity index (χ3v) is 6.59. The lowest BCUT2D eigenvalue weighted by Crippen LogP contribution is -2.42. The minimum absolute atomic E-state index is 0.00998. The van der Waals surface area contributed by atoms with Crippen LogP contribution in [0.25, 0.3) is 0 Å². The van der Waals surface area contributed by atoms with E-state index in [2.05, 4.69) is 15.3 Å². The molecule has 2 amide bonds. The van der Waals surface area contributed by atoms with Gasteiger partial charge >= 0.3 is 6.18 Å². The van der Waals surface area contributed by atoms with Crippen LogP contribution in [-0.4, -0.2) is 59.5 Å². The summed E-state index contributed by atoms with van der Waals surface area (Å²) in [5.74, 6) is -1.53. The van der Waals surface area contributed by atoms with Crippen LogP contribution in [0.15, 0.2) is 36.7 Å². The summed E-state index contributed by atoms with van der Waals surface area (Å²) in [5, 5.41) is 2.81. The van der Waals surface area contributed by atoms with Crippen molar-refractivity contribution in [1.29, 1.82) is 0 Å². The number of rotatable bonds is 10. The molecule has 1 fully saturated rings. The Labute approximate surface area is 197 Å². The molecule has 0 bridgehead atoms. The quantitative estimate of drug-likeness (QED) is 0.548. The van der Waals surface area contributed by atoms with Crippen LogP contribution in [0.3, 0.4) is 0 Å². The first-order valence-electron chi connectivity index (χ1n) is 11.1. The van der Waals surface area contributed by atoms with E-state index in [-0.39, 0.29) is 31.8 Å². The summed E-state index contributed by atoms with van der Waals surface area (Å²) in [6.45, 7) is 1.92. The van der Waals surface area contributed by atoms with E-state index in [0.717, 1.165) is 5.56 Å². The monoisotopic (exact) mass is 477 g/mol. The van der Waals surface area contributed by atoms with E-state index in [1.54, 1.807) is 31.2 Å². The van der Waals surface area contributed by atoms with E-state index in [1.165, 1.54) is 12.4 Å². The highest BCUT2D eigenvalue weighted by Crippen LogP contribution is 2.66. The largest absolute Gasteiger partial charge is 0.395 e. The SMILES string of the molecule is Cc1ncc([C@@H](CC(=O)NC[C@H](Cc2ccc(C(N)=O)cc2)N(C)C)C2(C(F)(F)F)CC2)cn1. The van der Waals surface area contributed by atoms with Crippen molar-refractivity contribution in [2.45, 2.75) is 50.7 Å². The maximum atomic E-state index is 13.9. The van der Waals surface area contributed by atoms with Gasteiger partial charge in [-0.1, -0.05) is 12.1 Å². The van der Waals surface area contributed by atoms with Crippen LogP contribution in [0.4, 0.5) is 13.2 Å². The van der Waals surface area contributed by atoms with Gasteiger partial charge in [-0.25, -0.2) is 9.97 Å². The molecular formula is C24H30F3N5O2. The third-order valence-electron chi connectivity index (χ3n) is 6.59.